The summed E-state index contributed by atoms with van der Waals surface area (Å²) in [6, 6.07) is 15.9. The SMILES string of the molecule is CCN(Cc1ccc(N(C)C)cc1)C(=O)c1cccc(COC)c1. The molecule has 0 aromatic heterocycles. The fraction of sp³-hybridized carbons (Fsp3) is 0.350. The molecule has 0 fully saturated rings. The summed E-state index contributed by atoms with van der Waals surface area (Å²) >= 11 is 0. The van der Waals surface area contributed by atoms with E-state index in [-0.39, 0.29) is 5.91 Å². The Hall–Kier alpha value is -2.33. The van der Waals surface area contributed by atoms with Gasteiger partial charge in [0.1, 0.15) is 0 Å². The lowest BCUT2D eigenvalue weighted by atomic mass is 10.1. The van der Waals surface area contributed by atoms with Gasteiger partial charge in [0, 0.05) is 45.5 Å². The first-order valence-electron chi connectivity index (χ1n) is 8.18. The van der Waals surface area contributed by atoms with Crippen molar-refractivity contribution >= 4 is 11.6 Å². The van der Waals surface area contributed by atoms with Gasteiger partial charge in [-0.3, -0.25) is 4.79 Å². The molecule has 128 valence electrons. The Kier molecular flexibility index (Phi) is 6.38. The molecule has 1 amide bonds. The molecule has 0 heterocycles. The van der Waals surface area contributed by atoms with Crippen LogP contribution in [0.4, 0.5) is 5.69 Å². The van der Waals surface area contributed by atoms with Crippen molar-refractivity contribution < 1.29 is 9.53 Å². The van der Waals surface area contributed by atoms with E-state index in [0.717, 1.165) is 16.8 Å². The second-order valence-corrected chi connectivity index (χ2v) is 6.01. The molecule has 2 aromatic rings. The monoisotopic (exact) mass is 326 g/mol. The van der Waals surface area contributed by atoms with Crippen molar-refractivity contribution in [2.24, 2.45) is 0 Å². The minimum Gasteiger partial charge on any atom is -0.380 e. The lowest BCUT2D eigenvalue weighted by Crippen LogP contribution is -2.30. The molecule has 0 aliphatic carbocycles. The number of nitrogens with zero attached hydrogens (tertiary/aromatic N) is 2. The molecule has 0 atom stereocenters. The number of methoxy groups -OCH3 is 1. The smallest absolute Gasteiger partial charge is 0.254 e. The molecule has 0 saturated carbocycles. The molecule has 0 saturated heterocycles. The quantitative estimate of drug-likeness (QED) is 0.780. The van der Waals surface area contributed by atoms with E-state index >= 15 is 0 Å². The summed E-state index contributed by atoms with van der Waals surface area (Å²) in [5, 5.41) is 0. The van der Waals surface area contributed by atoms with Crippen molar-refractivity contribution in [1.82, 2.24) is 4.90 Å². The average molecular weight is 326 g/mol. The van der Waals surface area contributed by atoms with Crippen LogP contribution in [0, 0.1) is 0 Å². The highest BCUT2D eigenvalue weighted by molar-refractivity contribution is 5.94. The number of carbonyl (C=O) groups excluding carboxylic acids is 1. The van der Waals surface area contributed by atoms with E-state index in [1.54, 1.807) is 7.11 Å². The number of amides is 1. The minimum atomic E-state index is 0.0483. The first-order valence-corrected chi connectivity index (χ1v) is 8.18. The maximum atomic E-state index is 12.8. The molecule has 2 aromatic carbocycles. The summed E-state index contributed by atoms with van der Waals surface area (Å²) in [7, 11) is 5.69. The highest BCUT2D eigenvalue weighted by Crippen LogP contribution is 2.16. The van der Waals surface area contributed by atoms with Crippen LogP contribution >= 0.6 is 0 Å². The van der Waals surface area contributed by atoms with E-state index in [2.05, 4.69) is 29.2 Å². The van der Waals surface area contributed by atoms with E-state index in [9.17, 15) is 4.79 Å². The Bertz CT molecular complexity index is 666. The van der Waals surface area contributed by atoms with Crippen molar-refractivity contribution in [3.05, 3.63) is 65.2 Å². The van der Waals surface area contributed by atoms with Gasteiger partial charge in [0.2, 0.25) is 0 Å². The van der Waals surface area contributed by atoms with Crippen molar-refractivity contribution in [2.45, 2.75) is 20.1 Å². The fourth-order valence-corrected chi connectivity index (χ4v) is 2.59. The summed E-state index contributed by atoms with van der Waals surface area (Å²) in [5.41, 5.74) is 4.00. The molecule has 0 aliphatic rings. The molecule has 0 aliphatic heterocycles. The maximum absolute atomic E-state index is 12.8. The number of ether oxygens (including phenoxy) is 1. The van der Waals surface area contributed by atoms with E-state index in [1.165, 1.54) is 0 Å². The second kappa shape index (κ2) is 8.50. The number of hydrogen-bond donors (Lipinski definition) is 0. The molecule has 4 nitrogen and oxygen atoms in total. The Morgan fingerprint density at radius 1 is 1.04 bits per heavy atom. The molecular weight excluding hydrogens is 300 g/mol. The summed E-state index contributed by atoms with van der Waals surface area (Å²) in [5.74, 6) is 0.0483. The predicted molar refractivity (Wildman–Crippen MR) is 98.3 cm³/mol. The van der Waals surface area contributed by atoms with Gasteiger partial charge in [0.25, 0.3) is 5.91 Å². The van der Waals surface area contributed by atoms with Gasteiger partial charge in [-0.15, -0.1) is 0 Å². The Morgan fingerprint density at radius 2 is 1.75 bits per heavy atom. The second-order valence-electron chi connectivity index (χ2n) is 6.01. The van der Waals surface area contributed by atoms with Crippen LogP contribution in [0.15, 0.2) is 48.5 Å². The normalized spacial score (nSPS) is 10.5. The van der Waals surface area contributed by atoms with Crippen molar-refractivity contribution in [1.29, 1.82) is 0 Å². The molecule has 0 bridgehead atoms. The third-order valence-electron chi connectivity index (χ3n) is 3.98. The highest BCUT2D eigenvalue weighted by atomic mass is 16.5. The average Bonchev–Trinajstić information content (AvgIpc) is 2.60. The fourth-order valence-electron chi connectivity index (χ4n) is 2.59. The van der Waals surface area contributed by atoms with Crippen LogP contribution in [-0.4, -0.2) is 38.6 Å². The highest BCUT2D eigenvalue weighted by Gasteiger charge is 2.15. The van der Waals surface area contributed by atoms with E-state index in [1.807, 2.05) is 50.2 Å². The van der Waals surface area contributed by atoms with Crippen LogP contribution in [0.2, 0.25) is 0 Å². The third-order valence-corrected chi connectivity index (χ3v) is 3.98. The van der Waals surface area contributed by atoms with Gasteiger partial charge in [-0.05, 0) is 42.3 Å². The number of anilines is 1. The van der Waals surface area contributed by atoms with Crippen molar-refractivity contribution in [2.75, 3.05) is 32.6 Å². The summed E-state index contributed by atoms with van der Waals surface area (Å²) < 4.78 is 5.15. The first kappa shape index (κ1) is 18.0. The van der Waals surface area contributed by atoms with Crippen LogP contribution in [-0.2, 0) is 17.9 Å². The molecular formula is C20H26N2O2. The zero-order valence-electron chi connectivity index (χ0n) is 15.0. The lowest BCUT2D eigenvalue weighted by molar-refractivity contribution is 0.0752. The Balaban J connectivity index is 2.12. The maximum Gasteiger partial charge on any atom is 0.254 e. The van der Waals surface area contributed by atoms with Gasteiger partial charge >= 0.3 is 0 Å². The third kappa shape index (κ3) is 4.59. The van der Waals surface area contributed by atoms with E-state index in [0.29, 0.717) is 25.3 Å². The van der Waals surface area contributed by atoms with Crippen LogP contribution in [0.3, 0.4) is 0 Å². The van der Waals surface area contributed by atoms with Gasteiger partial charge in [0.15, 0.2) is 0 Å². The summed E-state index contributed by atoms with van der Waals surface area (Å²) in [6.45, 7) is 3.80. The minimum absolute atomic E-state index is 0.0483. The van der Waals surface area contributed by atoms with Gasteiger partial charge in [-0.25, -0.2) is 0 Å². The van der Waals surface area contributed by atoms with Crippen LogP contribution in [0.25, 0.3) is 0 Å². The topological polar surface area (TPSA) is 32.8 Å². The van der Waals surface area contributed by atoms with Crippen molar-refractivity contribution in [3.8, 4) is 0 Å². The lowest BCUT2D eigenvalue weighted by Gasteiger charge is -2.22. The molecule has 4 heteroatoms. The number of hydrogen-bond acceptors (Lipinski definition) is 3. The molecule has 24 heavy (non-hydrogen) atoms. The number of carbonyl (C=O) groups is 1. The zero-order chi connectivity index (χ0) is 17.5. The molecule has 0 N–H and O–H groups in total. The first-order chi connectivity index (χ1) is 11.5. The number of rotatable bonds is 7. The van der Waals surface area contributed by atoms with Crippen molar-refractivity contribution in [3.63, 3.8) is 0 Å². The van der Waals surface area contributed by atoms with Gasteiger partial charge in [-0.1, -0.05) is 24.3 Å². The van der Waals surface area contributed by atoms with E-state index < -0.39 is 0 Å². The molecule has 0 radical (unpaired) electrons. The zero-order valence-corrected chi connectivity index (χ0v) is 15.0. The van der Waals surface area contributed by atoms with Crippen LogP contribution in [0.1, 0.15) is 28.4 Å². The molecule has 2 rings (SSSR count). The summed E-state index contributed by atoms with van der Waals surface area (Å²) in [4.78, 5) is 16.7. The summed E-state index contributed by atoms with van der Waals surface area (Å²) in [6.07, 6.45) is 0. The molecule has 0 unspecified atom stereocenters. The van der Waals surface area contributed by atoms with Gasteiger partial charge < -0.3 is 14.5 Å². The van der Waals surface area contributed by atoms with Gasteiger partial charge in [0.05, 0.1) is 6.61 Å². The standard InChI is InChI=1S/C20H26N2O2/c1-5-22(14-16-9-11-19(12-10-16)21(2)3)20(23)18-8-6-7-17(13-18)15-24-4/h6-13H,5,14-15H2,1-4H3. The Labute approximate surface area is 144 Å². The molecule has 0 spiro atoms. The van der Waals surface area contributed by atoms with E-state index in [4.69, 9.17) is 4.74 Å². The number of benzene rings is 2. The van der Waals surface area contributed by atoms with Crippen LogP contribution in [0.5, 0.6) is 0 Å². The largest absolute Gasteiger partial charge is 0.380 e. The van der Waals surface area contributed by atoms with Crippen LogP contribution < -0.4 is 4.90 Å². The van der Waals surface area contributed by atoms with Gasteiger partial charge in [-0.2, -0.15) is 0 Å². The predicted octanol–water partition coefficient (Wildman–Crippen LogP) is 3.56. The Morgan fingerprint density at radius 3 is 2.33 bits per heavy atom.